The van der Waals surface area contributed by atoms with Gasteiger partial charge in [0.05, 0.1) is 18.2 Å². The van der Waals surface area contributed by atoms with Crippen molar-refractivity contribution in [2.24, 2.45) is 12.0 Å². The number of hydrogen-bond donors (Lipinski definition) is 0. The van der Waals surface area contributed by atoms with E-state index in [1.807, 2.05) is 22.5 Å². The molecule has 0 unspecified atom stereocenters. The molecule has 1 amide bonds. The smallest absolute Gasteiger partial charge is 0.385 e. The third-order valence-corrected chi connectivity index (χ3v) is 6.09. The van der Waals surface area contributed by atoms with E-state index in [0.29, 0.717) is 43.7 Å². The highest BCUT2D eigenvalue weighted by Crippen LogP contribution is 2.31. The third kappa shape index (κ3) is 6.18. The van der Waals surface area contributed by atoms with Crippen LogP contribution in [0, 0.1) is 0 Å². The molecule has 0 spiro atoms. The maximum absolute atomic E-state index is 13.4. The zero-order valence-corrected chi connectivity index (χ0v) is 20.5. The number of alkyl halides is 3. The lowest BCUT2D eigenvalue weighted by Crippen LogP contribution is -2.30. The van der Waals surface area contributed by atoms with E-state index in [9.17, 15) is 18.0 Å². The van der Waals surface area contributed by atoms with E-state index in [2.05, 4.69) is 25.8 Å². The van der Waals surface area contributed by atoms with Crippen LogP contribution in [0.3, 0.4) is 0 Å². The molecule has 188 valence electrons. The molecule has 3 rings (SSSR count). The van der Waals surface area contributed by atoms with Gasteiger partial charge in [0.2, 0.25) is 0 Å². The van der Waals surface area contributed by atoms with Crippen LogP contribution in [0.25, 0.3) is 0 Å². The number of aryl methyl sites for hydroxylation is 1. The summed E-state index contributed by atoms with van der Waals surface area (Å²) in [4.78, 5) is 17.6. The Labute approximate surface area is 198 Å². The van der Waals surface area contributed by atoms with E-state index in [0.717, 1.165) is 30.7 Å². The van der Waals surface area contributed by atoms with Crippen molar-refractivity contribution in [2.45, 2.75) is 70.7 Å². The fourth-order valence-electron chi connectivity index (χ4n) is 4.30. The van der Waals surface area contributed by atoms with Gasteiger partial charge in [-0.05, 0) is 43.4 Å². The number of benzene rings is 1. The molecule has 6 nitrogen and oxygen atoms in total. The van der Waals surface area contributed by atoms with Gasteiger partial charge in [-0.2, -0.15) is 18.2 Å². The largest absolute Gasteiger partial charge is 0.416 e. The van der Waals surface area contributed by atoms with Crippen LogP contribution >= 0.6 is 0 Å². The first kappa shape index (κ1) is 26.2. The SMILES string of the molecule is COCCCc1ccc(C(F)(F)F)cc1C(=O)N=c1cc(C(C)(C)C)n(C)n1C[C@H]1CCCO1. The molecule has 9 heteroatoms. The fraction of sp³-hybridized carbons (Fsp3) is 0.600. The molecule has 0 N–H and O–H groups in total. The quantitative estimate of drug-likeness (QED) is 0.542. The lowest BCUT2D eigenvalue weighted by Gasteiger charge is -2.21. The summed E-state index contributed by atoms with van der Waals surface area (Å²) >= 11 is 0. The highest BCUT2D eigenvalue weighted by atomic mass is 19.4. The molecule has 1 aliphatic rings. The highest BCUT2D eigenvalue weighted by molar-refractivity contribution is 5.96. The van der Waals surface area contributed by atoms with Crippen molar-refractivity contribution >= 4 is 5.91 Å². The van der Waals surface area contributed by atoms with Crippen molar-refractivity contribution in [3.8, 4) is 0 Å². The monoisotopic (exact) mass is 481 g/mol. The van der Waals surface area contributed by atoms with Crippen LogP contribution in [-0.2, 0) is 41.1 Å². The van der Waals surface area contributed by atoms with Crippen LogP contribution in [0.1, 0.15) is 67.2 Å². The first-order valence-corrected chi connectivity index (χ1v) is 11.6. The zero-order chi connectivity index (χ0) is 25.1. The number of ether oxygens (including phenoxy) is 2. The Morgan fingerprint density at radius 3 is 2.56 bits per heavy atom. The van der Waals surface area contributed by atoms with Gasteiger partial charge in [0.25, 0.3) is 5.91 Å². The second-order valence-electron chi connectivity index (χ2n) is 9.76. The van der Waals surface area contributed by atoms with Gasteiger partial charge in [-0.1, -0.05) is 26.8 Å². The second-order valence-corrected chi connectivity index (χ2v) is 9.76. The van der Waals surface area contributed by atoms with Crippen molar-refractivity contribution in [1.29, 1.82) is 0 Å². The number of carbonyl (C=O) groups is 1. The number of aromatic nitrogens is 2. The molecule has 34 heavy (non-hydrogen) atoms. The third-order valence-electron chi connectivity index (χ3n) is 6.09. The van der Waals surface area contributed by atoms with Crippen LogP contribution < -0.4 is 5.49 Å². The summed E-state index contributed by atoms with van der Waals surface area (Å²) in [6.07, 6.45) is -1.66. The van der Waals surface area contributed by atoms with Crippen molar-refractivity contribution in [2.75, 3.05) is 20.3 Å². The molecule has 0 radical (unpaired) electrons. The van der Waals surface area contributed by atoms with E-state index < -0.39 is 17.6 Å². The van der Waals surface area contributed by atoms with Gasteiger partial charge in [0.1, 0.15) is 0 Å². The molecule has 0 aliphatic carbocycles. The molecule has 1 aromatic heterocycles. The Morgan fingerprint density at radius 1 is 1.24 bits per heavy atom. The number of rotatable bonds is 7. The van der Waals surface area contributed by atoms with Gasteiger partial charge < -0.3 is 9.47 Å². The van der Waals surface area contributed by atoms with Crippen LogP contribution in [0.4, 0.5) is 13.2 Å². The molecule has 1 fully saturated rings. The Bertz CT molecular complexity index is 1070. The van der Waals surface area contributed by atoms with E-state index in [4.69, 9.17) is 9.47 Å². The minimum atomic E-state index is -4.55. The molecule has 2 heterocycles. The summed E-state index contributed by atoms with van der Waals surface area (Å²) in [5, 5.41) is 0. The zero-order valence-electron chi connectivity index (χ0n) is 20.5. The van der Waals surface area contributed by atoms with Crippen LogP contribution in [0.5, 0.6) is 0 Å². The van der Waals surface area contributed by atoms with Gasteiger partial charge >= 0.3 is 6.18 Å². The Kier molecular flexibility index (Phi) is 8.08. The number of methoxy groups -OCH3 is 1. The Morgan fingerprint density at radius 2 is 1.97 bits per heavy atom. The standard InChI is InChI=1S/C25H34F3N3O3/c1-24(2,3)21-15-22(31(30(21)4)16-19-9-7-13-34-19)29-23(32)20-14-18(25(26,27)28)11-10-17(20)8-6-12-33-5/h10-11,14-15,19H,6-9,12-13,16H2,1-5H3/t19-/m1/s1. The predicted octanol–water partition coefficient (Wildman–Crippen LogP) is 4.64. The maximum Gasteiger partial charge on any atom is 0.416 e. The maximum atomic E-state index is 13.4. The van der Waals surface area contributed by atoms with E-state index in [1.54, 1.807) is 7.11 Å². The number of nitrogens with zero attached hydrogens (tertiary/aromatic N) is 3. The molecular weight excluding hydrogens is 447 g/mol. The minimum absolute atomic E-state index is 0.00799. The fourth-order valence-corrected chi connectivity index (χ4v) is 4.30. The predicted molar refractivity (Wildman–Crippen MR) is 123 cm³/mol. The molecule has 1 aliphatic heterocycles. The van der Waals surface area contributed by atoms with E-state index in [1.165, 1.54) is 6.07 Å². The number of carbonyl (C=O) groups excluding carboxylic acids is 1. The van der Waals surface area contributed by atoms with Crippen molar-refractivity contribution in [3.63, 3.8) is 0 Å². The summed E-state index contributed by atoms with van der Waals surface area (Å²) in [6.45, 7) is 7.84. The van der Waals surface area contributed by atoms with Crippen molar-refractivity contribution in [3.05, 3.63) is 52.1 Å². The van der Waals surface area contributed by atoms with Gasteiger partial charge in [0, 0.05) is 50.1 Å². The number of halogens is 3. The topological polar surface area (TPSA) is 57.8 Å². The Hall–Kier alpha value is -2.39. The summed E-state index contributed by atoms with van der Waals surface area (Å²) < 4.78 is 54.9. The van der Waals surface area contributed by atoms with Gasteiger partial charge in [-0.25, -0.2) is 0 Å². The molecule has 1 saturated heterocycles. The summed E-state index contributed by atoms with van der Waals surface area (Å²) in [6, 6.07) is 5.13. The molecule has 0 saturated carbocycles. The average Bonchev–Trinajstić information content (AvgIpc) is 3.37. The van der Waals surface area contributed by atoms with Crippen LogP contribution in [0.2, 0.25) is 0 Å². The number of hydrogen-bond acceptors (Lipinski definition) is 3. The first-order valence-electron chi connectivity index (χ1n) is 11.6. The summed E-state index contributed by atoms with van der Waals surface area (Å²) in [7, 11) is 3.46. The second kappa shape index (κ2) is 10.5. The van der Waals surface area contributed by atoms with Crippen molar-refractivity contribution < 1.29 is 27.4 Å². The highest BCUT2D eigenvalue weighted by Gasteiger charge is 2.32. The number of amides is 1. The average molecular weight is 482 g/mol. The molecule has 1 atom stereocenters. The summed E-state index contributed by atoms with van der Waals surface area (Å²) in [5.74, 6) is -0.689. The molecular formula is C25H34F3N3O3. The van der Waals surface area contributed by atoms with E-state index in [-0.39, 0.29) is 17.1 Å². The van der Waals surface area contributed by atoms with Crippen LogP contribution in [-0.4, -0.2) is 41.7 Å². The van der Waals surface area contributed by atoms with Crippen LogP contribution in [0.15, 0.2) is 29.3 Å². The summed E-state index contributed by atoms with van der Waals surface area (Å²) in [5.41, 5.74) is 0.782. The lowest BCUT2D eigenvalue weighted by atomic mass is 9.92. The first-order chi connectivity index (χ1) is 15.9. The van der Waals surface area contributed by atoms with Gasteiger partial charge in [-0.3, -0.25) is 14.2 Å². The lowest BCUT2D eigenvalue weighted by molar-refractivity contribution is -0.137. The molecule has 1 aromatic carbocycles. The Balaban J connectivity index is 2.08. The minimum Gasteiger partial charge on any atom is -0.385 e. The van der Waals surface area contributed by atoms with Gasteiger partial charge in [0.15, 0.2) is 5.49 Å². The van der Waals surface area contributed by atoms with Crippen molar-refractivity contribution in [1.82, 2.24) is 9.36 Å². The normalized spacial score (nSPS) is 17.5. The molecule has 2 aromatic rings. The van der Waals surface area contributed by atoms with Gasteiger partial charge in [-0.15, -0.1) is 0 Å². The molecule has 0 bridgehead atoms. The van der Waals surface area contributed by atoms with E-state index >= 15 is 0 Å².